The molecule has 0 atom stereocenters. The molecule has 5 heteroatoms. The van der Waals surface area contributed by atoms with Gasteiger partial charge >= 0.3 is 0 Å². The average Bonchev–Trinajstić information content (AvgIpc) is 2.99. The Hall–Kier alpha value is -1.89. The summed E-state index contributed by atoms with van der Waals surface area (Å²) in [6, 6.07) is 15.6. The summed E-state index contributed by atoms with van der Waals surface area (Å²) in [4.78, 5) is 4.44. The fraction of sp³-hybridized carbons (Fsp3) is 0.125. The van der Waals surface area contributed by atoms with Gasteiger partial charge in [0.25, 0.3) is 5.89 Å². The van der Waals surface area contributed by atoms with Crippen molar-refractivity contribution in [3.8, 4) is 28.6 Å². The highest BCUT2D eigenvalue weighted by molar-refractivity contribution is 14.1. The minimum absolute atomic E-state index is 0.506. The quantitative estimate of drug-likeness (QED) is 0.618. The van der Waals surface area contributed by atoms with Gasteiger partial charge in [0.1, 0.15) is 5.75 Å². The maximum atomic E-state index is 5.42. The number of halogens is 1. The van der Waals surface area contributed by atoms with Gasteiger partial charge in [-0.3, -0.25) is 0 Å². The zero-order valence-electron chi connectivity index (χ0n) is 11.4. The third kappa shape index (κ3) is 3.24. The van der Waals surface area contributed by atoms with E-state index in [1.54, 1.807) is 0 Å². The van der Waals surface area contributed by atoms with Gasteiger partial charge < -0.3 is 9.26 Å². The van der Waals surface area contributed by atoms with E-state index in [0.29, 0.717) is 18.3 Å². The third-order valence-electron chi connectivity index (χ3n) is 2.94. The zero-order valence-corrected chi connectivity index (χ0v) is 13.6. The van der Waals surface area contributed by atoms with Crippen LogP contribution in [-0.4, -0.2) is 16.7 Å². The van der Waals surface area contributed by atoms with Crippen molar-refractivity contribution in [1.29, 1.82) is 0 Å². The molecule has 3 rings (SSSR count). The average molecular weight is 392 g/mol. The first kappa shape index (κ1) is 14.1. The van der Waals surface area contributed by atoms with Gasteiger partial charge in [0.15, 0.2) is 0 Å². The fourth-order valence-corrected chi connectivity index (χ4v) is 2.28. The van der Waals surface area contributed by atoms with Crippen molar-refractivity contribution in [1.82, 2.24) is 10.1 Å². The van der Waals surface area contributed by atoms with Crippen molar-refractivity contribution in [3.63, 3.8) is 0 Å². The second-order valence-corrected chi connectivity index (χ2v) is 5.63. The number of nitrogens with zero attached hydrogens (tertiary/aromatic N) is 2. The Bertz CT molecular complexity index is 721. The van der Waals surface area contributed by atoms with Crippen LogP contribution in [0.1, 0.15) is 6.92 Å². The van der Waals surface area contributed by atoms with Crippen LogP contribution in [0.25, 0.3) is 22.8 Å². The van der Waals surface area contributed by atoms with Gasteiger partial charge in [-0.25, -0.2) is 0 Å². The highest BCUT2D eigenvalue weighted by atomic mass is 127. The zero-order chi connectivity index (χ0) is 14.7. The van der Waals surface area contributed by atoms with Gasteiger partial charge in [0.05, 0.1) is 6.61 Å². The van der Waals surface area contributed by atoms with Gasteiger partial charge in [-0.1, -0.05) is 17.3 Å². The molecule has 1 aromatic heterocycles. The molecule has 0 fully saturated rings. The van der Waals surface area contributed by atoms with Crippen LogP contribution in [0.3, 0.4) is 0 Å². The molecule has 0 aliphatic rings. The molecule has 2 aromatic carbocycles. The standard InChI is InChI=1S/C16H13IN2O2/c1-2-20-14-9-5-12(6-10-14)16-18-15(19-21-16)11-3-7-13(17)8-4-11/h3-10H,2H2,1H3. The minimum atomic E-state index is 0.506. The number of ether oxygens (including phenoxy) is 1. The van der Waals surface area contributed by atoms with E-state index < -0.39 is 0 Å². The summed E-state index contributed by atoms with van der Waals surface area (Å²) in [5.74, 6) is 1.93. The summed E-state index contributed by atoms with van der Waals surface area (Å²) in [6.45, 7) is 2.61. The predicted molar refractivity (Wildman–Crippen MR) is 89.1 cm³/mol. The minimum Gasteiger partial charge on any atom is -0.494 e. The maximum Gasteiger partial charge on any atom is 0.258 e. The van der Waals surface area contributed by atoms with Gasteiger partial charge in [-0.2, -0.15) is 4.98 Å². The third-order valence-corrected chi connectivity index (χ3v) is 3.66. The van der Waals surface area contributed by atoms with Crippen LogP contribution in [0, 0.1) is 3.57 Å². The van der Waals surface area contributed by atoms with Gasteiger partial charge in [0, 0.05) is 14.7 Å². The van der Waals surface area contributed by atoms with Gasteiger partial charge in [-0.05, 0) is 65.9 Å². The highest BCUT2D eigenvalue weighted by Crippen LogP contribution is 2.24. The molecule has 0 radical (unpaired) electrons. The molecule has 0 bridgehead atoms. The monoisotopic (exact) mass is 392 g/mol. The number of benzene rings is 2. The van der Waals surface area contributed by atoms with Crippen LogP contribution in [0.4, 0.5) is 0 Å². The van der Waals surface area contributed by atoms with Crippen LogP contribution < -0.4 is 4.74 Å². The summed E-state index contributed by atoms with van der Waals surface area (Å²) in [5, 5.41) is 4.03. The van der Waals surface area contributed by atoms with Crippen molar-refractivity contribution in [3.05, 3.63) is 52.1 Å². The normalized spacial score (nSPS) is 10.6. The smallest absolute Gasteiger partial charge is 0.258 e. The van der Waals surface area contributed by atoms with Gasteiger partial charge in [0.2, 0.25) is 5.82 Å². The van der Waals surface area contributed by atoms with Gasteiger partial charge in [-0.15, -0.1) is 0 Å². The van der Waals surface area contributed by atoms with Crippen LogP contribution in [0.2, 0.25) is 0 Å². The Morgan fingerprint density at radius 2 is 1.67 bits per heavy atom. The van der Waals surface area contributed by atoms with Crippen molar-refractivity contribution in [2.45, 2.75) is 6.92 Å². The molecule has 21 heavy (non-hydrogen) atoms. The molecule has 3 aromatic rings. The summed E-state index contributed by atoms with van der Waals surface area (Å²) in [6.07, 6.45) is 0. The molecule has 0 saturated heterocycles. The van der Waals surface area contributed by atoms with E-state index in [0.717, 1.165) is 16.9 Å². The molecular formula is C16H13IN2O2. The molecule has 4 nitrogen and oxygen atoms in total. The molecule has 0 unspecified atom stereocenters. The van der Waals surface area contributed by atoms with Crippen molar-refractivity contribution in [2.24, 2.45) is 0 Å². The first-order valence-electron chi connectivity index (χ1n) is 6.59. The number of hydrogen-bond donors (Lipinski definition) is 0. The SMILES string of the molecule is CCOc1ccc(-c2nc(-c3ccc(I)cc3)no2)cc1. The molecule has 0 spiro atoms. The summed E-state index contributed by atoms with van der Waals surface area (Å²) >= 11 is 2.26. The van der Waals surface area contributed by atoms with E-state index in [4.69, 9.17) is 9.26 Å². The van der Waals surface area contributed by atoms with Crippen molar-refractivity contribution in [2.75, 3.05) is 6.61 Å². The molecule has 0 N–H and O–H groups in total. The molecule has 0 saturated carbocycles. The molecule has 0 aliphatic heterocycles. The lowest BCUT2D eigenvalue weighted by Crippen LogP contribution is -1.90. The van der Waals surface area contributed by atoms with Crippen LogP contribution >= 0.6 is 22.6 Å². The maximum absolute atomic E-state index is 5.42. The lowest BCUT2D eigenvalue weighted by molar-refractivity contribution is 0.340. The van der Waals surface area contributed by atoms with E-state index in [-0.39, 0.29) is 0 Å². The molecule has 106 valence electrons. The molecule has 1 heterocycles. The lowest BCUT2D eigenvalue weighted by atomic mass is 10.2. The second-order valence-electron chi connectivity index (χ2n) is 4.39. The Morgan fingerprint density at radius 3 is 2.33 bits per heavy atom. The Labute approximate surface area is 136 Å². The molecule has 0 amide bonds. The number of hydrogen-bond acceptors (Lipinski definition) is 4. The summed E-state index contributed by atoms with van der Waals surface area (Å²) in [7, 11) is 0. The van der Waals surface area contributed by atoms with E-state index in [1.807, 2.05) is 55.5 Å². The van der Waals surface area contributed by atoms with E-state index in [2.05, 4.69) is 32.7 Å². The van der Waals surface area contributed by atoms with Crippen molar-refractivity contribution < 1.29 is 9.26 Å². The van der Waals surface area contributed by atoms with E-state index in [9.17, 15) is 0 Å². The predicted octanol–water partition coefficient (Wildman–Crippen LogP) is 4.41. The summed E-state index contributed by atoms with van der Waals surface area (Å²) in [5.41, 5.74) is 1.82. The topological polar surface area (TPSA) is 48.2 Å². The molecular weight excluding hydrogens is 379 g/mol. The fourth-order valence-electron chi connectivity index (χ4n) is 1.92. The first-order valence-corrected chi connectivity index (χ1v) is 7.67. The largest absolute Gasteiger partial charge is 0.494 e. The first-order chi connectivity index (χ1) is 10.3. The van der Waals surface area contributed by atoms with Crippen LogP contribution in [0.5, 0.6) is 5.75 Å². The Kier molecular flexibility index (Phi) is 4.19. The van der Waals surface area contributed by atoms with E-state index in [1.165, 1.54) is 3.57 Å². The second kappa shape index (κ2) is 6.26. The number of rotatable bonds is 4. The Balaban J connectivity index is 1.85. The van der Waals surface area contributed by atoms with E-state index >= 15 is 0 Å². The van der Waals surface area contributed by atoms with Crippen LogP contribution in [0.15, 0.2) is 53.1 Å². The highest BCUT2D eigenvalue weighted by Gasteiger charge is 2.10. The number of aromatic nitrogens is 2. The molecule has 0 aliphatic carbocycles. The summed E-state index contributed by atoms with van der Waals surface area (Å²) < 4.78 is 11.9. The lowest BCUT2D eigenvalue weighted by Gasteiger charge is -2.02. The van der Waals surface area contributed by atoms with Crippen LogP contribution in [-0.2, 0) is 0 Å². The Morgan fingerprint density at radius 1 is 1.00 bits per heavy atom. The van der Waals surface area contributed by atoms with Crippen molar-refractivity contribution >= 4 is 22.6 Å².